The zero-order chi connectivity index (χ0) is 19.6. The maximum Gasteiger partial charge on any atom is 0.262 e. The molecule has 3 rings (SSSR count). The van der Waals surface area contributed by atoms with Gasteiger partial charge in [-0.2, -0.15) is 0 Å². The van der Waals surface area contributed by atoms with Crippen molar-refractivity contribution in [1.29, 1.82) is 0 Å². The molecule has 0 saturated heterocycles. The average Bonchev–Trinajstić information content (AvgIpc) is 3.09. The third-order valence-corrected chi connectivity index (χ3v) is 7.32. The number of hydrogen-bond donors (Lipinski definition) is 1. The summed E-state index contributed by atoms with van der Waals surface area (Å²) < 4.78 is 52.1. The third-order valence-electron chi connectivity index (χ3n) is 3.78. The maximum absolute atomic E-state index is 13.2. The predicted octanol–water partition coefficient (Wildman–Crippen LogP) is 3.81. The molecule has 1 atom stereocenters. The number of nitrogens with one attached hydrogen (secondary N) is 1. The quantitative estimate of drug-likeness (QED) is 0.498. The normalized spacial score (nSPS) is 13.1. The van der Waals surface area contributed by atoms with Crippen molar-refractivity contribution in [3.8, 4) is 11.4 Å². The first kappa shape index (κ1) is 19.6. The van der Waals surface area contributed by atoms with Gasteiger partial charge in [-0.1, -0.05) is 44.2 Å². The van der Waals surface area contributed by atoms with Gasteiger partial charge in [0, 0.05) is 16.7 Å². The average molecular weight is 407 g/mol. The highest BCUT2D eigenvalue weighted by Gasteiger charge is 2.33. The lowest BCUT2D eigenvalue weighted by atomic mass is 10.2. The van der Waals surface area contributed by atoms with E-state index in [1.165, 1.54) is 12.1 Å². The topological polar surface area (TPSA) is 85.9 Å². The second kappa shape index (κ2) is 7.84. The summed E-state index contributed by atoms with van der Waals surface area (Å²) in [5.41, 5.74) is 0.681. The molecule has 0 saturated carbocycles. The summed E-state index contributed by atoms with van der Waals surface area (Å²) in [4.78, 5) is 7.08. The van der Waals surface area contributed by atoms with Crippen molar-refractivity contribution in [2.24, 2.45) is 5.92 Å². The van der Waals surface area contributed by atoms with Gasteiger partial charge in [0.05, 0.1) is 4.90 Å². The van der Waals surface area contributed by atoms with Crippen LogP contribution in [0, 0.1) is 11.7 Å². The Labute approximate surface area is 160 Å². The van der Waals surface area contributed by atoms with Crippen LogP contribution in [-0.2, 0) is 21.0 Å². The Morgan fingerprint density at radius 1 is 1.11 bits per heavy atom. The van der Waals surface area contributed by atoms with Gasteiger partial charge in [0.25, 0.3) is 5.03 Å². The number of nitrogens with zero attached hydrogens (tertiary/aromatic N) is 1. The molecule has 0 fully saturated rings. The first-order valence-electron chi connectivity index (χ1n) is 8.33. The van der Waals surface area contributed by atoms with E-state index in [9.17, 15) is 17.4 Å². The smallest absolute Gasteiger partial charge is 0.262 e. The molecule has 3 aromatic rings. The fourth-order valence-corrected chi connectivity index (χ4v) is 5.58. The maximum atomic E-state index is 13.2. The van der Waals surface area contributed by atoms with Crippen LogP contribution in [0.4, 0.5) is 4.39 Å². The van der Waals surface area contributed by atoms with E-state index in [-0.39, 0.29) is 20.9 Å². The van der Waals surface area contributed by atoms with Crippen molar-refractivity contribution in [1.82, 2.24) is 9.97 Å². The fourth-order valence-electron chi connectivity index (χ4n) is 2.52. The van der Waals surface area contributed by atoms with Gasteiger partial charge in [-0.05, 0) is 30.2 Å². The van der Waals surface area contributed by atoms with E-state index < -0.39 is 26.8 Å². The van der Waals surface area contributed by atoms with Gasteiger partial charge in [-0.3, -0.25) is 4.98 Å². The molecule has 0 bridgehead atoms. The Morgan fingerprint density at radius 2 is 1.74 bits per heavy atom. The summed E-state index contributed by atoms with van der Waals surface area (Å²) in [7, 11) is -4.06. The summed E-state index contributed by atoms with van der Waals surface area (Å²) in [6.07, 6.45) is 0. The lowest BCUT2D eigenvalue weighted by molar-refractivity contribution is 0.568. The number of rotatable bonds is 6. The predicted molar refractivity (Wildman–Crippen MR) is 102 cm³/mol. The van der Waals surface area contributed by atoms with Gasteiger partial charge in [0.15, 0.2) is 0 Å². The van der Waals surface area contributed by atoms with Crippen molar-refractivity contribution in [3.63, 3.8) is 0 Å². The lowest BCUT2D eigenvalue weighted by Crippen LogP contribution is -2.16. The van der Waals surface area contributed by atoms with Crippen LogP contribution < -0.4 is 0 Å². The minimum atomic E-state index is -4.06. The highest BCUT2D eigenvalue weighted by Crippen LogP contribution is 2.30. The van der Waals surface area contributed by atoms with Crippen LogP contribution in [0.15, 0.2) is 69.5 Å². The Bertz CT molecular complexity index is 1020. The van der Waals surface area contributed by atoms with E-state index in [1.54, 1.807) is 24.3 Å². The molecule has 0 spiro atoms. The molecule has 5 nitrogen and oxygen atoms in total. The van der Waals surface area contributed by atoms with Gasteiger partial charge in [-0.15, -0.1) is 0 Å². The van der Waals surface area contributed by atoms with Crippen molar-refractivity contribution in [3.05, 3.63) is 60.4 Å². The molecule has 8 heteroatoms. The van der Waals surface area contributed by atoms with Crippen LogP contribution in [0.1, 0.15) is 13.8 Å². The number of halogens is 1. The molecule has 1 N–H and O–H groups in total. The Kier molecular flexibility index (Phi) is 5.69. The van der Waals surface area contributed by atoms with Crippen LogP contribution in [-0.4, -0.2) is 28.7 Å². The molecule has 0 aliphatic carbocycles. The number of benzene rings is 2. The number of hydrogen-bond acceptors (Lipinski definition) is 4. The Morgan fingerprint density at radius 3 is 2.33 bits per heavy atom. The van der Waals surface area contributed by atoms with E-state index in [0.717, 1.165) is 12.1 Å². The molecule has 0 radical (unpaired) electrons. The number of imidazole rings is 1. The first-order valence-corrected chi connectivity index (χ1v) is 11.1. The summed E-state index contributed by atoms with van der Waals surface area (Å²) in [5, 5.41) is -0.223. The van der Waals surface area contributed by atoms with Gasteiger partial charge >= 0.3 is 0 Å². The largest absolute Gasteiger partial charge is 0.610 e. The Balaban J connectivity index is 2.14. The molecule has 142 valence electrons. The minimum Gasteiger partial charge on any atom is -0.610 e. The second-order valence-electron chi connectivity index (χ2n) is 6.45. The van der Waals surface area contributed by atoms with Gasteiger partial charge in [0.1, 0.15) is 17.4 Å². The van der Waals surface area contributed by atoms with Crippen molar-refractivity contribution < 1.29 is 17.4 Å². The van der Waals surface area contributed by atoms with Crippen LogP contribution in [0.5, 0.6) is 0 Å². The van der Waals surface area contributed by atoms with Crippen molar-refractivity contribution >= 4 is 21.0 Å². The fraction of sp³-hybridized carbons (Fsp3) is 0.211. The molecule has 1 unspecified atom stereocenters. The van der Waals surface area contributed by atoms with E-state index in [2.05, 4.69) is 9.97 Å². The monoisotopic (exact) mass is 406 g/mol. The zero-order valence-electron chi connectivity index (χ0n) is 14.8. The van der Waals surface area contributed by atoms with E-state index in [0.29, 0.717) is 17.1 Å². The summed E-state index contributed by atoms with van der Waals surface area (Å²) >= 11 is -1.57. The molecule has 1 aromatic heterocycles. The highest BCUT2D eigenvalue weighted by atomic mass is 32.2. The first-order chi connectivity index (χ1) is 12.8. The van der Waals surface area contributed by atoms with Gasteiger partial charge < -0.3 is 4.55 Å². The van der Waals surface area contributed by atoms with Crippen LogP contribution in [0.2, 0.25) is 0 Å². The molecular weight excluding hydrogens is 387 g/mol. The Hall–Kier alpha value is -2.16. The zero-order valence-corrected chi connectivity index (χ0v) is 16.5. The molecule has 2 aromatic carbocycles. The van der Waals surface area contributed by atoms with E-state index >= 15 is 0 Å². The summed E-state index contributed by atoms with van der Waals surface area (Å²) in [6, 6.07) is 13.5. The molecule has 27 heavy (non-hydrogen) atoms. The number of H-pyrrole nitrogens is 1. The molecule has 0 aliphatic heterocycles. The summed E-state index contributed by atoms with van der Waals surface area (Å²) in [6.45, 7) is 3.81. The molecule has 1 heterocycles. The SMILES string of the molecule is CC(C)C[S+]([O-])c1[nH]c(-c2ccccc2)nc1S(=O)(=O)c1ccc(F)cc1. The third kappa shape index (κ3) is 4.23. The molecular formula is C19H19FN2O3S2. The standard InChI is InChI=1S/C19H19FN2O3S2/c1-13(2)12-26(23)18-19(22-17(21-18)14-6-4-3-5-7-14)27(24,25)16-10-8-15(20)9-11-16/h3-11,13H,12H2,1-2H3,(H,21,22). The number of aromatic nitrogens is 2. The van der Waals surface area contributed by atoms with Crippen molar-refractivity contribution in [2.75, 3.05) is 5.75 Å². The molecule has 0 amide bonds. The second-order valence-corrected chi connectivity index (χ2v) is 9.75. The van der Waals surface area contributed by atoms with Crippen LogP contribution in [0.3, 0.4) is 0 Å². The minimum absolute atomic E-state index is 0.0619. The van der Waals surface area contributed by atoms with Crippen LogP contribution >= 0.6 is 0 Å². The van der Waals surface area contributed by atoms with Crippen molar-refractivity contribution in [2.45, 2.75) is 28.8 Å². The summed E-state index contributed by atoms with van der Waals surface area (Å²) in [5.74, 6) is 0.186. The van der Waals surface area contributed by atoms with E-state index in [4.69, 9.17) is 0 Å². The number of sulfone groups is 1. The highest BCUT2D eigenvalue weighted by molar-refractivity contribution is 7.94. The lowest BCUT2D eigenvalue weighted by Gasteiger charge is -2.12. The van der Waals surface area contributed by atoms with Gasteiger partial charge in [-0.25, -0.2) is 17.8 Å². The molecule has 0 aliphatic rings. The van der Waals surface area contributed by atoms with E-state index in [1.807, 2.05) is 19.9 Å². The van der Waals surface area contributed by atoms with Crippen LogP contribution in [0.25, 0.3) is 11.4 Å². The number of aromatic amines is 1. The van der Waals surface area contributed by atoms with Gasteiger partial charge in [0.2, 0.25) is 14.9 Å².